The second-order valence-corrected chi connectivity index (χ2v) is 6.78. The van der Waals surface area contributed by atoms with Crippen LogP contribution >= 0.6 is 0 Å². The van der Waals surface area contributed by atoms with Crippen molar-refractivity contribution in [3.63, 3.8) is 0 Å². The highest BCUT2D eigenvalue weighted by Gasteiger charge is 2.31. The predicted octanol–water partition coefficient (Wildman–Crippen LogP) is 1.45. The van der Waals surface area contributed by atoms with E-state index in [-0.39, 0.29) is 29.6 Å². The molecule has 2 aromatic rings. The minimum absolute atomic E-state index is 0.125. The maximum atomic E-state index is 12.6. The van der Waals surface area contributed by atoms with Gasteiger partial charge in [0.2, 0.25) is 0 Å². The number of aliphatic hydroxyl groups excluding tert-OH is 1. The number of benzene rings is 1. The molecule has 0 saturated carbocycles. The van der Waals surface area contributed by atoms with E-state index >= 15 is 0 Å². The van der Waals surface area contributed by atoms with Crippen LogP contribution in [0, 0.1) is 19.8 Å². The number of nitrogens with one attached hydrogen (secondary N) is 1. The van der Waals surface area contributed by atoms with Crippen molar-refractivity contribution >= 4 is 5.91 Å². The third-order valence-corrected chi connectivity index (χ3v) is 4.67. The molecule has 1 aliphatic heterocycles. The molecule has 0 spiro atoms. The summed E-state index contributed by atoms with van der Waals surface area (Å²) in [6, 6.07) is 9.49. The predicted molar refractivity (Wildman–Crippen MR) is 94.5 cm³/mol. The number of hydrogen-bond acceptors (Lipinski definition) is 4. The zero-order valence-electron chi connectivity index (χ0n) is 14.5. The average Bonchev–Trinajstić information content (AvgIpc) is 2.55. The van der Waals surface area contributed by atoms with Gasteiger partial charge in [-0.25, -0.2) is 4.98 Å². The molecule has 2 atom stereocenters. The van der Waals surface area contributed by atoms with E-state index in [0.29, 0.717) is 12.4 Å². The zero-order chi connectivity index (χ0) is 18.0. The van der Waals surface area contributed by atoms with Crippen molar-refractivity contribution in [2.45, 2.75) is 32.8 Å². The SMILES string of the molecule is Cc1cccc(C[C@H]2CCN(C(=O)c3cc(=O)[nH]c(C)n3)C[C@@H]2O)c1. The van der Waals surface area contributed by atoms with Gasteiger partial charge >= 0.3 is 0 Å². The Bertz CT molecular complexity index is 831. The molecular formula is C19H23N3O3. The molecule has 1 saturated heterocycles. The summed E-state index contributed by atoms with van der Waals surface area (Å²) in [6.07, 6.45) is 0.942. The number of β-amino-alcohol motifs (C(OH)–C–C–N with tert-alkyl or cyclic N) is 1. The summed E-state index contributed by atoms with van der Waals surface area (Å²) >= 11 is 0. The lowest BCUT2D eigenvalue weighted by Crippen LogP contribution is -2.47. The van der Waals surface area contributed by atoms with Crippen molar-refractivity contribution in [3.05, 3.63) is 63.3 Å². The van der Waals surface area contributed by atoms with Crippen LogP contribution < -0.4 is 5.56 Å². The van der Waals surface area contributed by atoms with Crippen LogP contribution in [0.3, 0.4) is 0 Å². The number of carbonyl (C=O) groups excluding carboxylic acids is 1. The molecule has 1 aliphatic rings. The number of aromatic amines is 1. The van der Waals surface area contributed by atoms with Crippen LogP contribution in [0.4, 0.5) is 0 Å². The van der Waals surface area contributed by atoms with Crippen molar-refractivity contribution < 1.29 is 9.90 Å². The molecule has 2 heterocycles. The van der Waals surface area contributed by atoms with Crippen molar-refractivity contribution in [3.8, 4) is 0 Å². The third-order valence-electron chi connectivity index (χ3n) is 4.67. The van der Waals surface area contributed by atoms with Crippen molar-refractivity contribution in [1.29, 1.82) is 0 Å². The van der Waals surface area contributed by atoms with E-state index in [1.807, 2.05) is 6.07 Å². The van der Waals surface area contributed by atoms with Crippen LogP contribution in [0.1, 0.15) is 33.9 Å². The lowest BCUT2D eigenvalue weighted by atomic mass is 9.87. The summed E-state index contributed by atoms with van der Waals surface area (Å²) in [6.45, 7) is 4.52. The lowest BCUT2D eigenvalue weighted by Gasteiger charge is -2.36. The Hall–Kier alpha value is -2.47. The van der Waals surface area contributed by atoms with Crippen LogP contribution in [0.2, 0.25) is 0 Å². The first kappa shape index (κ1) is 17.4. The van der Waals surface area contributed by atoms with Gasteiger partial charge in [-0.15, -0.1) is 0 Å². The molecule has 1 aromatic carbocycles. The summed E-state index contributed by atoms with van der Waals surface area (Å²) in [5, 5.41) is 10.5. The van der Waals surface area contributed by atoms with Gasteiger partial charge in [-0.2, -0.15) is 0 Å². The molecule has 0 radical (unpaired) electrons. The Morgan fingerprint density at radius 3 is 2.84 bits per heavy atom. The van der Waals surface area contributed by atoms with E-state index in [1.54, 1.807) is 11.8 Å². The van der Waals surface area contributed by atoms with E-state index in [4.69, 9.17) is 0 Å². The molecule has 1 aromatic heterocycles. The first-order valence-corrected chi connectivity index (χ1v) is 8.53. The molecule has 6 nitrogen and oxygen atoms in total. The number of H-pyrrole nitrogens is 1. The second kappa shape index (κ2) is 7.19. The third kappa shape index (κ3) is 4.14. The van der Waals surface area contributed by atoms with E-state index in [1.165, 1.54) is 17.2 Å². The van der Waals surface area contributed by atoms with E-state index in [2.05, 4.69) is 35.1 Å². The molecule has 1 fully saturated rings. The molecule has 1 amide bonds. The Morgan fingerprint density at radius 1 is 1.36 bits per heavy atom. The van der Waals surface area contributed by atoms with Crippen molar-refractivity contribution in [1.82, 2.24) is 14.9 Å². The van der Waals surface area contributed by atoms with E-state index in [9.17, 15) is 14.7 Å². The van der Waals surface area contributed by atoms with Gasteiger partial charge in [-0.3, -0.25) is 9.59 Å². The number of aliphatic hydroxyl groups is 1. The molecule has 132 valence electrons. The van der Waals surface area contributed by atoms with Gasteiger partial charge in [0.15, 0.2) is 0 Å². The standard InChI is InChI=1S/C19H23N3O3/c1-12-4-3-5-14(8-12)9-15-6-7-22(11-17(15)23)19(25)16-10-18(24)21-13(2)20-16/h3-5,8,10,15,17,23H,6-7,9,11H2,1-2H3,(H,20,21,24)/t15-,17+/m1/s1. The van der Waals surface area contributed by atoms with E-state index in [0.717, 1.165) is 12.8 Å². The number of rotatable bonds is 3. The minimum Gasteiger partial charge on any atom is -0.391 e. The number of hydrogen-bond donors (Lipinski definition) is 2. The van der Waals surface area contributed by atoms with Gasteiger partial charge in [-0.1, -0.05) is 29.8 Å². The maximum absolute atomic E-state index is 12.6. The maximum Gasteiger partial charge on any atom is 0.272 e. The second-order valence-electron chi connectivity index (χ2n) is 6.78. The summed E-state index contributed by atoms with van der Waals surface area (Å²) in [5.41, 5.74) is 2.20. The smallest absolute Gasteiger partial charge is 0.272 e. The molecule has 0 aliphatic carbocycles. The first-order chi connectivity index (χ1) is 11.9. The summed E-state index contributed by atoms with van der Waals surface area (Å²) in [5.74, 6) is 0.229. The van der Waals surface area contributed by atoms with Crippen LogP contribution in [-0.2, 0) is 6.42 Å². The Kier molecular flexibility index (Phi) is 4.99. The van der Waals surface area contributed by atoms with Crippen LogP contribution in [0.15, 0.2) is 35.1 Å². The number of aryl methyl sites for hydroxylation is 2. The molecule has 25 heavy (non-hydrogen) atoms. The minimum atomic E-state index is -0.582. The fourth-order valence-corrected chi connectivity index (χ4v) is 3.40. The van der Waals surface area contributed by atoms with Gasteiger partial charge in [0.05, 0.1) is 6.10 Å². The summed E-state index contributed by atoms with van der Waals surface area (Å²) < 4.78 is 0. The fraction of sp³-hybridized carbons (Fsp3) is 0.421. The normalized spacial score (nSPS) is 20.5. The van der Waals surface area contributed by atoms with Gasteiger partial charge in [0.1, 0.15) is 11.5 Å². The number of piperidine rings is 1. The van der Waals surface area contributed by atoms with Crippen molar-refractivity contribution in [2.24, 2.45) is 5.92 Å². The number of aromatic nitrogens is 2. The lowest BCUT2D eigenvalue weighted by molar-refractivity contribution is 0.0194. The summed E-state index contributed by atoms with van der Waals surface area (Å²) in [4.78, 5) is 32.3. The topological polar surface area (TPSA) is 86.3 Å². The van der Waals surface area contributed by atoms with Gasteiger partial charge < -0.3 is 15.0 Å². The van der Waals surface area contributed by atoms with Gasteiger partial charge in [-0.05, 0) is 38.2 Å². The van der Waals surface area contributed by atoms with Gasteiger partial charge in [0.25, 0.3) is 11.5 Å². The molecule has 2 N–H and O–H groups in total. The highest BCUT2D eigenvalue weighted by Crippen LogP contribution is 2.23. The highest BCUT2D eigenvalue weighted by atomic mass is 16.3. The van der Waals surface area contributed by atoms with Crippen molar-refractivity contribution in [2.75, 3.05) is 13.1 Å². The zero-order valence-corrected chi connectivity index (χ0v) is 14.5. The first-order valence-electron chi connectivity index (χ1n) is 8.53. The molecule has 6 heteroatoms. The molecule has 0 unspecified atom stereocenters. The Labute approximate surface area is 146 Å². The number of likely N-dealkylation sites (tertiary alicyclic amines) is 1. The van der Waals surface area contributed by atoms with Gasteiger partial charge in [0, 0.05) is 19.2 Å². The van der Waals surface area contributed by atoms with Crippen LogP contribution in [0.25, 0.3) is 0 Å². The Balaban J connectivity index is 1.66. The fourth-order valence-electron chi connectivity index (χ4n) is 3.40. The average molecular weight is 341 g/mol. The number of amides is 1. The quantitative estimate of drug-likeness (QED) is 0.885. The Morgan fingerprint density at radius 2 is 2.16 bits per heavy atom. The number of carbonyl (C=O) groups is 1. The van der Waals surface area contributed by atoms with Crippen LogP contribution in [0.5, 0.6) is 0 Å². The largest absolute Gasteiger partial charge is 0.391 e. The molecule has 0 bridgehead atoms. The highest BCUT2D eigenvalue weighted by molar-refractivity contribution is 5.92. The van der Waals surface area contributed by atoms with Crippen LogP contribution in [-0.4, -0.2) is 45.1 Å². The summed E-state index contributed by atoms with van der Waals surface area (Å²) in [7, 11) is 0. The van der Waals surface area contributed by atoms with E-state index < -0.39 is 6.10 Å². The molecule has 3 rings (SSSR count). The monoisotopic (exact) mass is 341 g/mol. The number of nitrogens with zero attached hydrogens (tertiary/aromatic N) is 2. The molecular weight excluding hydrogens is 318 g/mol.